The maximum atomic E-state index is 10.8. The summed E-state index contributed by atoms with van der Waals surface area (Å²) in [6.45, 7) is 16.1. The molecule has 0 N–H and O–H groups in total. The molecule has 0 unspecified atom stereocenters. The van der Waals surface area contributed by atoms with E-state index in [1.54, 1.807) is 0 Å². The molecule has 0 aliphatic carbocycles. The van der Waals surface area contributed by atoms with Crippen LogP contribution in [0.15, 0.2) is 24.3 Å². The van der Waals surface area contributed by atoms with Crippen LogP contribution in [0.5, 0.6) is 0 Å². The fourth-order valence-electron chi connectivity index (χ4n) is 1.51. The fourth-order valence-corrected chi connectivity index (χ4v) is 1.64. The summed E-state index contributed by atoms with van der Waals surface area (Å²) in [5.74, 6) is 1.35. The van der Waals surface area contributed by atoms with E-state index in [-0.39, 0.29) is 11.8 Å². The lowest BCUT2D eigenvalue weighted by Gasteiger charge is -2.05. The average molecular weight is 299 g/mol. The molecular formula is C18H31ClO. The van der Waals surface area contributed by atoms with Crippen LogP contribution in [0.3, 0.4) is 0 Å². The largest absolute Gasteiger partial charge is 0.299 e. The molecule has 20 heavy (non-hydrogen) atoms. The quantitative estimate of drug-likeness (QED) is 0.635. The Balaban J connectivity index is 0. The van der Waals surface area contributed by atoms with Gasteiger partial charge in [0.15, 0.2) is 0 Å². The number of carbonyl (C=O) groups is 1. The van der Waals surface area contributed by atoms with Crippen LogP contribution in [-0.2, 0) is 4.79 Å². The molecule has 0 aromatic heterocycles. The van der Waals surface area contributed by atoms with E-state index < -0.39 is 0 Å². The summed E-state index contributed by atoms with van der Waals surface area (Å²) in [5, 5.41) is 0.810. The molecule has 1 nitrogen and oxygen atoms in total. The summed E-state index contributed by atoms with van der Waals surface area (Å²) in [6.07, 6.45) is 0. The molecule has 0 spiro atoms. The lowest BCUT2D eigenvalue weighted by Crippen LogP contribution is -2.13. The molecule has 0 amide bonds. The second kappa shape index (κ2) is 12.0. The van der Waals surface area contributed by atoms with Gasteiger partial charge in [0.2, 0.25) is 0 Å². The Hall–Kier alpha value is -0.820. The fraction of sp³-hybridized carbons (Fsp3) is 0.611. The topological polar surface area (TPSA) is 17.1 Å². The van der Waals surface area contributed by atoms with E-state index >= 15 is 0 Å². The Kier molecular flexibility index (Phi) is 12.8. The normalized spacial score (nSPS) is 9.80. The van der Waals surface area contributed by atoms with Crippen LogP contribution >= 0.6 is 11.6 Å². The number of benzene rings is 1. The monoisotopic (exact) mass is 298 g/mol. The van der Waals surface area contributed by atoms with Crippen LogP contribution in [0.2, 0.25) is 5.02 Å². The Labute approximate surface area is 130 Å². The molecule has 0 fully saturated rings. The summed E-state index contributed by atoms with van der Waals surface area (Å²) in [6, 6.07) is 7.98. The van der Waals surface area contributed by atoms with Crippen LogP contribution in [-0.4, -0.2) is 5.78 Å². The highest BCUT2D eigenvalue weighted by molar-refractivity contribution is 6.30. The van der Waals surface area contributed by atoms with Crippen LogP contribution < -0.4 is 0 Å². The molecule has 0 heterocycles. The molecule has 2 heteroatoms. The predicted molar refractivity (Wildman–Crippen MR) is 91.6 cm³/mol. The molecule has 0 aliphatic rings. The first-order chi connectivity index (χ1) is 9.25. The van der Waals surface area contributed by atoms with Crippen molar-refractivity contribution in [2.24, 2.45) is 11.8 Å². The van der Waals surface area contributed by atoms with Gasteiger partial charge in [0.25, 0.3) is 0 Å². The van der Waals surface area contributed by atoms with Gasteiger partial charge in [0.05, 0.1) is 0 Å². The van der Waals surface area contributed by atoms with Gasteiger partial charge in [-0.25, -0.2) is 0 Å². The summed E-state index contributed by atoms with van der Waals surface area (Å²) < 4.78 is 0. The van der Waals surface area contributed by atoms with Crippen molar-refractivity contribution in [3.63, 3.8) is 0 Å². The molecule has 0 atom stereocenters. The van der Waals surface area contributed by atoms with Gasteiger partial charge in [-0.15, -0.1) is 0 Å². The molecule has 1 aromatic carbocycles. The number of ketones is 1. The maximum Gasteiger partial charge on any atom is 0.137 e. The molecule has 0 radical (unpaired) electrons. The number of hydrogen-bond acceptors (Lipinski definition) is 1. The third-order valence-electron chi connectivity index (χ3n) is 2.67. The second-order valence-corrected chi connectivity index (χ2v) is 5.85. The number of rotatable bonds is 3. The van der Waals surface area contributed by atoms with Crippen LogP contribution in [0.25, 0.3) is 0 Å². The third kappa shape index (κ3) is 10.0. The predicted octanol–water partition coefficient (Wildman–Crippen LogP) is 6.36. The molecule has 0 bridgehead atoms. The van der Waals surface area contributed by atoms with Crippen LogP contribution in [0.4, 0.5) is 0 Å². The lowest BCUT2D eigenvalue weighted by atomic mass is 9.99. The summed E-state index contributed by atoms with van der Waals surface area (Å²) in [7, 11) is 0. The minimum absolute atomic E-state index is 0.204. The minimum atomic E-state index is 0.204. The van der Waals surface area contributed by atoms with E-state index in [1.807, 2.05) is 53.7 Å². The van der Waals surface area contributed by atoms with Gasteiger partial charge in [-0.2, -0.15) is 0 Å². The van der Waals surface area contributed by atoms with Crippen molar-refractivity contribution >= 4 is 17.4 Å². The van der Waals surface area contributed by atoms with Crippen molar-refractivity contribution in [3.8, 4) is 0 Å². The first-order valence-corrected chi connectivity index (χ1v) is 7.92. The van der Waals surface area contributed by atoms with Gasteiger partial charge < -0.3 is 0 Å². The smallest absolute Gasteiger partial charge is 0.137 e. The zero-order valence-corrected chi connectivity index (χ0v) is 15.1. The Morgan fingerprint density at radius 1 is 0.850 bits per heavy atom. The first-order valence-electron chi connectivity index (χ1n) is 7.54. The third-order valence-corrected chi connectivity index (χ3v) is 2.93. The zero-order chi connectivity index (χ0) is 16.3. The average Bonchev–Trinajstić information content (AvgIpc) is 2.41. The lowest BCUT2D eigenvalue weighted by molar-refractivity contribution is -0.124. The highest BCUT2D eigenvalue weighted by Crippen LogP contribution is 2.16. The van der Waals surface area contributed by atoms with Gasteiger partial charge in [0.1, 0.15) is 5.78 Å². The van der Waals surface area contributed by atoms with Crippen molar-refractivity contribution in [3.05, 3.63) is 34.9 Å². The molecule has 116 valence electrons. The molecule has 1 rings (SSSR count). The van der Waals surface area contributed by atoms with E-state index in [0.717, 1.165) is 5.02 Å². The molecule has 0 saturated carbocycles. The van der Waals surface area contributed by atoms with Crippen LogP contribution in [0, 0.1) is 11.8 Å². The number of carbonyl (C=O) groups excluding carboxylic acids is 1. The van der Waals surface area contributed by atoms with E-state index in [4.69, 9.17) is 11.6 Å². The number of halogens is 1. The SMILES string of the molecule is CC.CC(C)C(=O)C(C)C.CC(C)c1ccc(Cl)cc1. The summed E-state index contributed by atoms with van der Waals surface area (Å²) in [4.78, 5) is 10.8. The summed E-state index contributed by atoms with van der Waals surface area (Å²) in [5.41, 5.74) is 1.34. The van der Waals surface area contributed by atoms with Crippen molar-refractivity contribution in [1.29, 1.82) is 0 Å². The van der Waals surface area contributed by atoms with E-state index in [9.17, 15) is 4.79 Å². The Bertz CT molecular complexity index is 340. The van der Waals surface area contributed by atoms with Gasteiger partial charge in [-0.1, -0.05) is 79.1 Å². The molecular weight excluding hydrogens is 268 g/mol. The highest BCUT2D eigenvalue weighted by Gasteiger charge is 2.09. The van der Waals surface area contributed by atoms with Gasteiger partial charge in [-0.05, 0) is 23.6 Å². The second-order valence-electron chi connectivity index (χ2n) is 5.42. The summed E-state index contributed by atoms with van der Waals surface area (Å²) >= 11 is 5.72. The van der Waals surface area contributed by atoms with Gasteiger partial charge >= 0.3 is 0 Å². The number of hydrogen-bond donors (Lipinski definition) is 0. The van der Waals surface area contributed by atoms with E-state index in [2.05, 4.69) is 26.0 Å². The first kappa shape index (κ1) is 21.5. The Morgan fingerprint density at radius 3 is 1.40 bits per heavy atom. The van der Waals surface area contributed by atoms with Gasteiger partial charge in [0, 0.05) is 16.9 Å². The van der Waals surface area contributed by atoms with Crippen molar-refractivity contribution < 1.29 is 4.79 Å². The van der Waals surface area contributed by atoms with Crippen molar-refractivity contribution in [2.45, 2.75) is 61.3 Å². The minimum Gasteiger partial charge on any atom is -0.299 e. The van der Waals surface area contributed by atoms with Crippen molar-refractivity contribution in [2.75, 3.05) is 0 Å². The van der Waals surface area contributed by atoms with Crippen molar-refractivity contribution in [1.82, 2.24) is 0 Å². The highest BCUT2D eigenvalue weighted by atomic mass is 35.5. The van der Waals surface area contributed by atoms with Crippen LogP contribution in [0.1, 0.15) is 66.9 Å². The molecule has 0 saturated heterocycles. The zero-order valence-electron chi connectivity index (χ0n) is 14.3. The van der Waals surface area contributed by atoms with Gasteiger partial charge in [-0.3, -0.25) is 4.79 Å². The Morgan fingerprint density at radius 2 is 1.20 bits per heavy atom. The standard InChI is InChI=1S/C9H11Cl.C7H14O.C2H6/c1-7(2)8-3-5-9(10)6-4-8;1-5(2)7(8)6(3)4;1-2/h3-7H,1-2H3;5-6H,1-4H3;1-2H3. The molecule has 0 aliphatic heterocycles. The maximum absolute atomic E-state index is 10.8. The van der Waals surface area contributed by atoms with E-state index in [1.165, 1.54) is 5.56 Å². The van der Waals surface area contributed by atoms with E-state index in [0.29, 0.717) is 11.7 Å². The number of Topliss-reactive ketones (excluding diaryl/α,β-unsaturated/α-hetero) is 1. The molecule has 1 aromatic rings.